The van der Waals surface area contributed by atoms with Crippen LogP contribution in [0, 0.1) is 0 Å². The molecule has 12 rings (SSSR count). The first-order chi connectivity index (χ1) is 28.2. The summed E-state index contributed by atoms with van der Waals surface area (Å²) >= 11 is 1.87. The summed E-state index contributed by atoms with van der Waals surface area (Å²) in [5.41, 5.74) is 10.2. The molecule has 12 aromatic rings. The Balaban J connectivity index is 0.986. The fourth-order valence-corrected chi connectivity index (χ4v) is 9.58. The van der Waals surface area contributed by atoms with Gasteiger partial charge in [0.2, 0.25) is 0 Å². The van der Waals surface area contributed by atoms with Crippen molar-refractivity contribution in [2.24, 2.45) is 0 Å². The minimum absolute atomic E-state index is 0.599. The number of benzene rings is 8. The van der Waals surface area contributed by atoms with Crippen LogP contribution >= 0.6 is 11.3 Å². The normalized spacial score (nSPS) is 11.9. The number of fused-ring (bicyclic) bond motifs is 10. The van der Waals surface area contributed by atoms with E-state index < -0.39 is 0 Å². The Labute approximate surface area is 330 Å². The first kappa shape index (κ1) is 31.9. The van der Waals surface area contributed by atoms with E-state index in [1.54, 1.807) is 0 Å². The zero-order chi connectivity index (χ0) is 37.5. The molecule has 0 aliphatic heterocycles. The van der Waals surface area contributed by atoms with E-state index in [-0.39, 0.29) is 0 Å². The third-order valence-corrected chi connectivity index (χ3v) is 12.2. The van der Waals surface area contributed by atoms with Crippen LogP contribution in [-0.4, -0.2) is 19.5 Å². The second kappa shape index (κ2) is 12.6. The van der Waals surface area contributed by atoms with Gasteiger partial charge in [0, 0.05) is 59.4 Å². The maximum absolute atomic E-state index is 6.63. The summed E-state index contributed by atoms with van der Waals surface area (Å²) in [6.07, 6.45) is 0. The lowest BCUT2D eigenvalue weighted by Crippen LogP contribution is -2.00. The number of rotatable bonds is 5. The molecule has 0 amide bonds. The van der Waals surface area contributed by atoms with Crippen molar-refractivity contribution in [3.05, 3.63) is 182 Å². The lowest BCUT2D eigenvalue weighted by atomic mass is 10.0. The Morgan fingerprint density at radius 1 is 0.386 bits per heavy atom. The van der Waals surface area contributed by atoms with Crippen LogP contribution in [0.3, 0.4) is 0 Å². The Bertz CT molecular complexity index is 3460. The molecule has 0 fully saturated rings. The van der Waals surface area contributed by atoms with Crippen molar-refractivity contribution in [1.82, 2.24) is 19.5 Å². The van der Waals surface area contributed by atoms with Crippen LogP contribution in [0.15, 0.2) is 186 Å². The highest BCUT2D eigenvalue weighted by Crippen LogP contribution is 2.44. The molecular formula is C51H30N4OS. The maximum atomic E-state index is 6.63. The zero-order valence-electron chi connectivity index (χ0n) is 30.4. The van der Waals surface area contributed by atoms with E-state index in [0.717, 1.165) is 55.4 Å². The number of nitrogens with zero attached hydrogens (tertiary/aromatic N) is 4. The van der Waals surface area contributed by atoms with Gasteiger partial charge in [-0.05, 0) is 65.7 Å². The molecule has 6 heteroatoms. The molecule has 4 heterocycles. The van der Waals surface area contributed by atoms with Gasteiger partial charge in [0.15, 0.2) is 17.5 Å². The summed E-state index contributed by atoms with van der Waals surface area (Å²) in [4.78, 5) is 14.8. The molecule has 5 nitrogen and oxygen atoms in total. The van der Waals surface area contributed by atoms with E-state index in [4.69, 9.17) is 19.4 Å². The van der Waals surface area contributed by atoms with Crippen LogP contribution < -0.4 is 0 Å². The molecule has 0 bridgehead atoms. The van der Waals surface area contributed by atoms with Crippen LogP contribution in [0.4, 0.5) is 0 Å². The minimum Gasteiger partial charge on any atom is -0.456 e. The van der Waals surface area contributed by atoms with Gasteiger partial charge in [-0.2, -0.15) is 0 Å². The Morgan fingerprint density at radius 3 is 1.61 bits per heavy atom. The minimum atomic E-state index is 0.599. The first-order valence-electron chi connectivity index (χ1n) is 19.0. The Kier molecular flexibility index (Phi) is 7.03. The molecule has 0 saturated heterocycles. The third kappa shape index (κ3) is 5.12. The van der Waals surface area contributed by atoms with E-state index in [0.29, 0.717) is 17.5 Å². The van der Waals surface area contributed by atoms with Crippen molar-refractivity contribution in [3.8, 4) is 51.0 Å². The molecule has 266 valence electrons. The highest BCUT2D eigenvalue weighted by molar-refractivity contribution is 7.26. The van der Waals surface area contributed by atoms with Crippen molar-refractivity contribution in [3.63, 3.8) is 0 Å². The SMILES string of the molecule is c1ccc(-c2nc(-c3ccccc3)nc(-c3ccc4c(c3)oc3cc(-c5ccc6c(c5)c5ccc7c8ccccc8sc7c5n6-c5ccccc5)ccc34)n2)cc1. The van der Waals surface area contributed by atoms with Gasteiger partial charge in [-0.3, -0.25) is 0 Å². The fourth-order valence-electron chi connectivity index (χ4n) is 8.34. The average molecular weight is 747 g/mol. The summed E-state index contributed by atoms with van der Waals surface area (Å²) in [6.45, 7) is 0. The molecule has 8 aromatic carbocycles. The Morgan fingerprint density at radius 2 is 0.912 bits per heavy atom. The summed E-state index contributed by atoms with van der Waals surface area (Å²) in [5.74, 6) is 1.86. The largest absolute Gasteiger partial charge is 0.456 e. The van der Waals surface area contributed by atoms with Crippen LogP contribution in [0.25, 0.3) is 115 Å². The molecule has 0 radical (unpaired) electrons. The number of para-hydroxylation sites is 1. The van der Waals surface area contributed by atoms with E-state index in [9.17, 15) is 0 Å². The van der Waals surface area contributed by atoms with Crippen molar-refractivity contribution in [1.29, 1.82) is 0 Å². The number of aromatic nitrogens is 4. The molecule has 0 unspecified atom stereocenters. The molecule has 4 aromatic heterocycles. The summed E-state index contributed by atoms with van der Waals surface area (Å²) in [5, 5.41) is 7.19. The molecule has 0 saturated carbocycles. The van der Waals surface area contributed by atoms with E-state index >= 15 is 0 Å². The highest BCUT2D eigenvalue weighted by Gasteiger charge is 2.19. The van der Waals surface area contributed by atoms with Gasteiger partial charge >= 0.3 is 0 Å². The molecule has 57 heavy (non-hydrogen) atoms. The topological polar surface area (TPSA) is 56.7 Å². The quantitative estimate of drug-likeness (QED) is 0.176. The van der Waals surface area contributed by atoms with Gasteiger partial charge in [0.1, 0.15) is 11.2 Å². The van der Waals surface area contributed by atoms with Crippen LogP contribution in [0.2, 0.25) is 0 Å². The second-order valence-corrected chi connectivity index (χ2v) is 15.5. The van der Waals surface area contributed by atoms with Gasteiger partial charge in [0.05, 0.1) is 15.7 Å². The lowest BCUT2D eigenvalue weighted by Gasteiger charge is -2.09. The lowest BCUT2D eigenvalue weighted by molar-refractivity contribution is 0.669. The first-order valence-corrected chi connectivity index (χ1v) is 19.8. The summed E-state index contributed by atoms with van der Waals surface area (Å²) < 4.78 is 11.7. The molecule has 0 aliphatic rings. The number of hydrogen-bond acceptors (Lipinski definition) is 5. The van der Waals surface area contributed by atoms with Crippen molar-refractivity contribution < 1.29 is 4.42 Å². The third-order valence-electron chi connectivity index (χ3n) is 11.1. The van der Waals surface area contributed by atoms with Crippen LogP contribution in [0.1, 0.15) is 0 Å². The average Bonchev–Trinajstić information content (AvgIpc) is 3.96. The summed E-state index contributed by atoms with van der Waals surface area (Å²) in [7, 11) is 0. The van der Waals surface area contributed by atoms with E-state index in [2.05, 4.69) is 120 Å². The van der Waals surface area contributed by atoms with Gasteiger partial charge < -0.3 is 8.98 Å². The smallest absolute Gasteiger partial charge is 0.164 e. The monoisotopic (exact) mass is 746 g/mol. The Hall–Kier alpha value is -7.41. The zero-order valence-corrected chi connectivity index (χ0v) is 31.2. The second-order valence-electron chi connectivity index (χ2n) is 14.4. The van der Waals surface area contributed by atoms with Crippen molar-refractivity contribution in [2.45, 2.75) is 0 Å². The van der Waals surface area contributed by atoms with E-state index in [1.165, 1.54) is 42.0 Å². The fraction of sp³-hybridized carbons (Fsp3) is 0. The number of furan rings is 1. The predicted octanol–water partition coefficient (Wildman–Crippen LogP) is 13.9. The van der Waals surface area contributed by atoms with Gasteiger partial charge in [0.25, 0.3) is 0 Å². The van der Waals surface area contributed by atoms with Gasteiger partial charge in [-0.15, -0.1) is 11.3 Å². The maximum Gasteiger partial charge on any atom is 0.164 e. The highest BCUT2D eigenvalue weighted by atomic mass is 32.1. The van der Waals surface area contributed by atoms with Gasteiger partial charge in [-0.25, -0.2) is 15.0 Å². The van der Waals surface area contributed by atoms with Crippen molar-refractivity contribution >= 4 is 75.3 Å². The predicted molar refractivity (Wildman–Crippen MR) is 236 cm³/mol. The number of thiophene rings is 1. The standard InChI is InChI=1S/C51H30N4OS/c1-4-12-31(13-5-1)49-52-50(32-14-6-2-7-15-32)54-51(53-49)35-21-24-38-37-23-20-34(29-44(37)56-45(38)30-35)33-22-27-43-42(28-33)40-25-26-41-39-18-10-11-19-46(39)57-48(41)47(40)55(43)36-16-8-3-9-17-36/h1-30H. The van der Waals surface area contributed by atoms with Gasteiger partial charge in [-0.1, -0.05) is 127 Å². The summed E-state index contributed by atoms with van der Waals surface area (Å²) in [6, 6.07) is 63.8. The van der Waals surface area contributed by atoms with Crippen molar-refractivity contribution in [2.75, 3.05) is 0 Å². The molecular weight excluding hydrogens is 717 g/mol. The molecule has 0 N–H and O–H groups in total. The molecule has 0 atom stereocenters. The molecule has 0 aliphatic carbocycles. The molecule has 0 spiro atoms. The van der Waals surface area contributed by atoms with Crippen LogP contribution in [-0.2, 0) is 0 Å². The number of hydrogen-bond donors (Lipinski definition) is 0. The van der Waals surface area contributed by atoms with Crippen LogP contribution in [0.5, 0.6) is 0 Å². The van der Waals surface area contributed by atoms with E-state index in [1.807, 2.05) is 78.1 Å².